The minimum absolute atomic E-state index is 0.0713. The SMILES string of the molecule is Cc1cc2n(n1)[C@H](C(F)(F)C(F)(F)F)C[C@H](c1ccc(F)cc1)N2. The van der Waals surface area contributed by atoms with Gasteiger partial charge in [0.25, 0.3) is 0 Å². The van der Waals surface area contributed by atoms with Crippen LogP contribution in [0.5, 0.6) is 0 Å². The van der Waals surface area contributed by atoms with Crippen molar-refractivity contribution in [1.82, 2.24) is 9.78 Å². The Morgan fingerprint density at radius 3 is 2.33 bits per heavy atom. The van der Waals surface area contributed by atoms with E-state index in [2.05, 4.69) is 10.4 Å². The molecule has 3 rings (SSSR count). The van der Waals surface area contributed by atoms with Crippen LogP contribution in [0.25, 0.3) is 0 Å². The summed E-state index contributed by atoms with van der Waals surface area (Å²) in [7, 11) is 0. The zero-order chi connectivity index (χ0) is 17.7. The van der Waals surface area contributed by atoms with Crippen LogP contribution < -0.4 is 5.32 Å². The summed E-state index contributed by atoms with van der Waals surface area (Å²) in [6, 6.07) is 3.37. The van der Waals surface area contributed by atoms with Crippen LogP contribution in [0.3, 0.4) is 0 Å². The fourth-order valence-electron chi connectivity index (χ4n) is 2.83. The Labute approximate surface area is 133 Å². The zero-order valence-electron chi connectivity index (χ0n) is 12.4. The lowest BCUT2D eigenvalue weighted by atomic mass is 9.93. The number of hydrogen-bond donors (Lipinski definition) is 1. The Balaban J connectivity index is 2.03. The summed E-state index contributed by atoms with van der Waals surface area (Å²) in [5.41, 5.74) is 0.740. The lowest BCUT2D eigenvalue weighted by Gasteiger charge is -2.37. The van der Waals surface area contributed by atoms with Gasteiger partial charge in [-0.2, -0.15) is 27.1 Å². The standard InChI is InChI=1S/C15H13F6N3/c1-8-6-13-22-11(9-2-4-10(16)5-3-9)7-12(24(13)23-8)14(17,18)15(19,20)21/h2-6,11-12,22H,7H2,1H3/t11-,12+/m1/s1. The number of benzene rings is 1. The highest BCUT2D eigenvalue weighted by molar-refractivity contribution is 5.43. The van der Waals surface area contributed by atoms with Crippen LogP contribution in [-0.4, -0.2) is 21.9 Å². The van der Waals surface area contributed by atoms with E-state index in [-0.39, 0.29) is 5.82 Å². The van der Waals surface area contributed by atoms with Gasteiger partial charge in [0, 0.05) is 12.5 Å². The molecule has 0 unspecified atom stereocenters. The monoisotopic (exact) mass is 349 g/mol. The molecule has 0 spiro atoms. The average molecular weight is 349 g/mol. The molecule has 24 heavy (non-hydrogen) atoms. The molecule has 1 aliphatic heterocycles. The molecule has 0 bridgehead atoms. The van der Waals surface area contributed by atoms with Crippen molar-refractivity contribution >= 4 is 5.82 Å². The largest absolute Gasteiger partial charge is 0.455 e. The highest BCUT2D eigenvalue weighted by Gasteiger charge is 2.64. The van der Waals surface area contributed by atoms with E-state index in [1.807, 2.05) is 0 Å². The molecule has 0 radical (unpaired) electrons. The Morgan fingerprint density at radius 2 is 1.75 bits per heavy atom. The molecule has 0 saturated heterocycles. The topological polar surface area (TPSA) is 29.9 Å². The van der Waals surface area contributed by atoms with Gasteiger partial charge in [0.2, 0.25) is 0 Å². The highest BCUT2D eigenvalue weighted by Crippen LogP contribution is 2.49. The van der Waals surface area contributed by atoms with Crippen LogP contribution in [-0.2, 0) is 0 Å². The first-order valence-corrected chi connectivity index (χ1v) is 7.12. The summed E-state index contributed by atoms with van der Waals surface area (Å²) in [6.07, 6.45) is -6.23. The van der Waals surface area contributed by atoms with E-state index in [4.69, 9.17) is 0 Å². The van der Waals surface area contributed by atoms with Gasteiger partial charge in [0.05, 0.1) is 11.7 Å². The smallest absolute Gasteiger partial charge is 0.363 e. The van der Waals surface area contributed by atoms with E-state index >= 15 is 0 Å². The molecule has 9 heteroatoms. The molecule has 1 aliphatic rings. The van der Waals surface area contributed by atoms with Crippen molar-refractivity contribution in [1.29, 1.82) is 0 Å². The Kier molecular flexibility index (Phi) is 3.76. The van der Waals surface area contributed by atoms with Crippen LogP contribution >= 0.6 is 0 Å². The van der Waals surface area contributed by atoms with Gasteiger partial charge >= 0.3 is 12.1 Å². The lowest BCUT2D eigenvalue weighted by molar-refractivity contribution is -0.301. The number of anilines is 1. The van der Waals surface area contributed by atoms with Gasteiger partial charge in [0.15, 0.2) is 0 Å². The minimum Gasteiger partial charge on any atom is -0.363 e. The van der Waals surface area contributed by atoms with E-state index in [1.165, 1.54) is 25.1 Å². The molecule has 2 atom stereocenters. The van der Waals surface area contributed by atoms with Crippen LogP contribution in [0.15, 0.2) is 30.3 Å². The third-order valence-corrected chi connectivity index (χ3v) is 4.00. The van der Waals surface area contributed by atoms with Crippen LogP contribution in [0.2, 0.25) is 0 Å². The number of nitrogens with zero attached hydrogens (tertiary/aromatic N) is 2. The van der Waals surface area contributed by atoms with Crippen molar-refractivity contribution in [3.63, 3.8) is 0 Å². The van der Waals surface area contributed by atoms with Crippen molar-refractivity contribution < 1.29 is 26.3 Å². The number of nitrogens with one attached hydrogen (secondary N) is 1. The van der Waals surface area contributed by atoms with E-state index in [0.717, 1.165) is 12.1 Å². The van der Waals surface area contributed by atoms with Crippen LogP contribution in [0.1, 0.15) is 29.8 Å². The fourth-order valence-corrected chi connectivity index (χ4v) is 2.83. The number of alkyl halides is 5. The van der Waals surface area contributed by atoms with E-state index in [1.54, 1.807) is 0 Å². The molecule has 1 aromatic carbocycles. The molecule has 2 heterocycles. The average Bonchev–Trinajstić information content (AvgIpc) is 2.85. The number of aryl methyl sites for hydroxylation is 1. The van der Waals surface area contributed by atoms with Gasteiger partial charge in [-0.25, -0.2) is 9.07 Å². The Morgan fingerprint density at radius 1 is 1.12 bits per heavy atom. The van der Waals surface area contributed by atoms with Gasteiger partial charge < -0.3 is 5.32 Å². The van der Waals surface area contributed by atoms with Crippen LogP contribution in [0, 0.1) is 12.7 Å². The molecule has 3 nitrogen and oxygen atoms in total. The van der Waals surface area contributed by atoms with Crippen molar-refractivity contribution in [3.05, 3.63) is 47.4 Å². The Hall–Kier alpha value is -2.19. The number of fused-ring (bicyclic) bond motifs is 1. The third-order valence-electron chi connectivity index (χ3n) is 4.00. The maximum Gasteiger partial charge on any atom is 0.455 e. The van der Waals surface area contributed by atoms with Gasteiger partial charge in [-0.15, -0.1) is 0 Å². The first-order valence-electron chi connectivity index (χ1n) is 7.12. The van der Waals surface area contributed by atoms with Crippen molar-refractivity contribution in [2.75, 3.05) is 5.32 Å². The van der Waals surface area contributed by atoms with Crippen molar-refractivity contribution in [3.8, 4) is 0 Å². The summed E-state index contributed by atoms with van der Waals surface area (Å²) < 4.78 is 80.2. The van der Waals surface area contributed by atoms with Gasteiger partial charge in [-0.05, 0) is 24.6 Å². The van der Waals surface area contributed by atoms with E-state index in [0.29, 0.717) is 15.9 Å². The van der Waals surface area contributed by atoms with Gasteiger partial charge in [0.1, 0.15) is 17.7 Å². The molecule has 1 aromatic heterocycles. The quantitative estimate of drug-likeness (QED) is 0.802. The molecule has 0 aliphatic carbocycles. The highest BCUT2D eigenvalue weighted by atomic mass is 19.4. The second-order valence-corrected chi connectivity index (χ2v) is 5.74. The maximum absolute atomic E-state index is 14.0. The summed E-state index contributed by atoms with van der Waals surface area (Å²) in [6.45, 7) is 1.50. The van der Waals surface area contributed by atoms with Crippen molar-refractivity contribution in [2.45, 2.75) is 37.5 Å². The second-order valence-electron chi connectivity index (χ2n) is 5.74. The molecule has 0 amide bonds. The zero-order valence-corrected chi connectivity index (χ0v) is 12.4. The lowest BCUT2D eigenvalue weighted by Crippen LogP contribution is -2.47. The minimum atomic E-state index is -5.69. The summed E-state index contributed by atoms with van der Waals surface area (Å²) in [5.74, 6) is -5.39. The number of halogens is 6. The molecule has 2 aromatic rings. The predicted octanol–water partition coefficient (Wildman–Crippen LogP) is 4.63. The number of rotatable bonds is 2. The molecule has 0 saturated carbocycles. The third kappa shape index (κ3) is 2.71. The molecule has 0 fully saturated rings. The van der Waals surface area contributed by atoms with E-state index < -0.39 is 36.4 Å². The summed E-state index contributed by atoms with van der Waals surface area (Å²) in [5, 5.41) is 6.65. The molecular weight excluding hydrogens is 336 g/mol. The van der Waals surface area contributed by atoms with Gasteiger partial charge in [-0.1, -0.05) is 12.1 Å². The first kappa shape index (κ1) is 16.7. The number of aromatic nitrogens is 2. The second kappa shape index (κ2) is 5.42. The Bertz CT molecular complexity index is 735. The predicted molar refractivity (Wildman–Crippen MR) is 74.4 cm³/mol. The van der Waals surface area contributed by atoms with Crippen LogP contribution in [0.4, 0.5) is 32.2 Å². The number of hydrogen-bond acceptors (Lipinski definition) is 2. The molecular formula is C15H13F6N3. The first-order chi connectivity index (χ1) is 11.1. The summed E-state index contributed by atoms with van der Waals surface area (Å²) in [4.78, 5) is 0. The summed E-state index contributed by atoms with van der Waals surface area (Å²) >= 11 is 0. The molecule has 1 N–H and O–H groups in total. The fraction of sp³-hybridized carbons (Fsp3) is 0.400. The van der Waals surface area contributed by atoms with E-state index in [9.17, 15) is 26.3 Å². The van der Waals surface area contributed by atoms with Gasteiger partial charge in [-0.3, -0.25) is 0 Å². The maximum atomic E-state index is 14.0. The van der Waals surface area contributed by atoms with Crippen molar-refractivity contribution in [2.24, 2.45) is 0 Å². The normalized spacial score (nSPS) is 21.3. The molecule has 130 valence electrons.